The van der Waals surface area contributed by atoms with Crippen molar-refractivity contribution >= 4 is 21.9 Å². The summed E-state index contributed by atoms with van der Waals surface area (Å²) in [6.07, 6.45) is 5.59. The molecule has 0 aliphatic carbocycles. The van der Waals surface area contributed by atoms with Crippen molar-refractivity contribution < 1.29 is 22.3 Å². The molecule has 48 heavy (non-hydrogen) atoms. The Hall–Kier alpha value is -2.98. The lowest BCUT2D eigenvalue weighted by atomic mass is 9.72. The molecule has 1 aromatic heterocycles. The molecule has 2 aromatic rings. The van der Waals surface area contributed by atoms with Gasteiger partial charge in [-0.25, -0.2) is 9.37 Å². The molecule has 264 valence electrons. The second-order valence-electron chi connectivity index (χ2n) is 14.6. The molecule has 5 heterocycles. The van der Waals surface area contributed by atoms with E-state index in [9.17, 15) is 17.6 Å². The van der Waals surface area contributed by atoms with Gasteiger partial charge in [0.25, 0.3) is 22.0 Å². The van der Waals surface area contributed by atoms with Crippen molar-refractivity contribution in [3.63, 3.8) is 0 Å². The summed E-state index contributed by atoms with van der Waals surface area (Å²) in [6, 6.07) is 3.86. The highest BCUT2D eigenvalue weighted by Gasteiger charge is 2.48. The fourth-order valence-electron chi connectivity index (χ4n) is 7.96. The number of rotatable bonds is 10. The van der Waals surface area contributed by atoms with Crippen LogP contribution >= 0.6 is 0 Å². The number of benzene rings is 1. The third-order valence-electron chi connectivity index (χ3n) is 10.5. The van der Waals surface area contributed by atoms with Gasteiger partial charge in [0.2, 0.25) is 0 Å². The number of carbonyl (C=O) groups is 1. The maximum Gasteiger partial charge on any atom is 0.282 e. The SMILES string of the molecule is CC(C)N(C(=O)c1cc(F)ccc1Oc1nncnc1N1CC[C@@H](CN2CC3(CCN(S(=O)(=O)N4CCC(N)CC4)CC3)C2)C1)C(C)C. The molecule has 4 fully saturated rings. The normalized spacial score (nSPS) is 22.8. The third-order valence-corrected chi connectivity index (χ3v) is 12.5. The molecular formula is C33H50FN9O4S. The van der Waals surface area contributed by atoms with Crippen LogP contribution < -0.4 is 15.4 Å². The van der Waals surface area contributed by atoms with E-state index in [1.165, 1.54) is 24.5 Å². The van der Waals surface area contributed by atoms with Crippen LogP contribution in [0.25, 0.3) is 0 Å². The molecule has 1 spiro atoms. The molecule has 4 aliphatic heterocycles. The first-order valence-corrected chi connectivity index (χ1v) is 18.7. The Bertz CT molecular complexity index is 1550. The smallest absolute Gasteiger partial charge is 0.282 e. The zero-order valence-corrected chi connectivity index (χ0v) is 29.4. The number of aromatic nitrogens is 3. The van der Waals surface area contributed by atoms with E-state index in [1.807, 2.05) is 27.7 Å². The van der Waals surface area contributed by atoms with Crippen LogP contribution in [-0.2, 0) is 10.2 Å². The number of nitrogens with zero attached hydrogens (tertiary/aromatic N) is 8. The van der Waals surface area contributed by atoms with Crippen LogP contribution in [-0.4, -0.2) is 125 Å². The summed E-state index contributed by atoms with van der Waals surface area (Å²) in [6.45, 7) is 14.4. The van der Waals surface area contributed by atoms with Crippen LogP contribution in [0.2, 0.25) is 0 Å². The molecular weight excluding hydrogens is 637 g/mol. The number of halogens is 1. The van der Waals surface area contributed by atoms with Crippen molar-refractivity contribution in [2.24, 2.45) is 17.1 Å². The van der Waals surface area contributed by atoms with Gasteiger partial charge in [0.05, 0.1) is 5.56 Å². The lowest BCUT2D eigenvalue weighted by Crippen LogP contribution is -2.62. The second kappa shape index (κ2) is 14.1. The topological polar surface area (TPSA) is 141 Å². The van der Waals surface area contributed by atoms with E-state index in [0.717, 1.165) is 64.8 Å². The van der Waals surface area contributed by atoms with Crippen LogP contribution in [0, 0.1) is 17.2 Å². The van der Waals surface area contributed by atoms with Gasteiger partial charge in [-0.3, -0.25) is 4.79 Å². The predicted octanol–water partition coefficient (Wildman–Crippen LogP) is 2.95. The first-order chi connectivity index (χ1) is 22.8. The molecule has 0 radical (unpaired) electrons. The van der Waals surface area contributed by atoms with Crippen molar-refractivity contribution in [2.45, 2.75) is 77.9 Å². The molecule has 0 bridgehead atoms. The van der Waals surface area contributed by atoms with E-state index < -0.39 is 16.0 Å². The van der Waals surface area contributed by atoms with Crippen LogP contribution in [0.4, 0.5) is 10.2 Å². The Morgan fingerprint density at radius 3 is 2.38 bits per heavy atom. The number of hydrogen-bond acceptors (Lipinski definition) is 10. The Labute approximate surface area is 283 Å². The Morgan fingerprint density at radius 2 is 1.71 bits per heavy atom. The molecule has 0 unspecified atom stereocenters. The highest BCUT2D eigenvalue weighted by molar-refractivity contribution is 7.86. The lowest BCUT2D eigenvalue weighted by Gasteiger charge is -2.54. The standard InChI is InChI=1S/C33H50FN9O4S/c1-23(2)43(24(3)4)32(44)28-17-26(34)5-6-29(28)47-31-30(36-22-37-38-31)40-12-7-25(19-40)18-39-20-33(21-39)10-15-42(16-11-33)48(45,46)41-13-8-27(35)9-14-41/h5-6,17,22-25,27H,7-16,18-21,35H2,1-4H3/t25-/m0/s1. The number of likely N-dealkylation sites (tertiary alicyclic amines) is 1. The number of amides is 1. The molecule has 4 aliphatic rings. The van der Waals surface area contributed by atoms with E-state index in [-0.39, 0.29) is 46.6 Å². The van der Waals surface area contributed by atoms with Crippen LogP contribution in [0.15, 0.2) is 24.5 Å². The molecule has 6 rings (SSSR count). The van der Waals surface area contributed by atoms with Crippen LogP contribution in [0.1, 0.15) is 70.2 Å². The van der Waals surface area contributed by atoms with Gasteiger partial charge in [0.15, 0.2) is 5.82 Å². The molecule has 1 aromatic carbocycles. The summed E-state index contributed by atoms with van der Waals surface area (Å²) < 4.78 is 50.3. The minimum absolute atomic E-state index is 0.0843. The van der Waals surface area contributed by atoms with Gasteiger partial charge in [-0.1, -0.05) is 0 Å². The number of piperidine rings is 2. The molecule has 15 heteroatoms. The average Bonchev–Trinajstić information content (AvgIpc) is 3.50. The van der Waals surface area contributed by atoms with Gasteiger partial charge >= 0.3 is 0 Å². The highest BCUT2D eigenvalue weighted by Crippen LogP contribution is 2.42. The summed E-state index contributed by atoms with van der Waals surface area (Å²) >= 11 is 0. The van der Waals surface area contributed by atoms with Gasteiger partial charge in [0.1, 0.15) is 17.9 Å². The third kappa shape index (κ3) is 7.30. The Morgan fingerprint density at radius 1 is 1.04 bits per heavy atom. The molecule has 1 amide bonds. The average molecular weight is 688 g/mol. The van der Waals surface area contributed by atoms with Crippen molar-refractivity contribution in [2.75, 3.05) is 63.8 Å². The minimum Gasteiger partial charge on any atom is -0.434 e. The largest absolute Gasteiger partial charge is 0.434 e. The first kappa shape index (κ1) is 34.9. The molecule has 2 N–H and O–H groups in total. The van der Waals surface area contributed by atoms with Crippen LogP contribution in [0.5, 0.6) is 11.6 Å². The van der Waals surface area contributed by atoms with Crippen LogP contribution in [0.3, 0.4) is 0 Å². The van der Waals surface area contributed by atoms with E-state index in [4.69, 9.17) is 10.5 Å². The van der Waals surface area contributed by atoms with Crippen molar-refractivity contribution in [1.82, 2.24) is 33.6 Å². The lowest BCUT2D eigenvalue weighted by molar-refractivity contribution is -0.0413. The number of ether oxygens (including phenoxy) is 1. The summed E-state index contributed by atoms with van der Waals surface area (Å²) in [5.41, 5.74) is 6.30. The summed E-state index contributed by atoms with van der Waals surface area (Å²) in [5, 5.41) is 8.17. The number of anilines is 1. The summed E-state index contributed by atoms with van der Waals surface area (Å²) in [5.74, 6) is 0.507. The zero-order chi connectivity index (χ0) is 34.2. The summed E-state index contributed by atoms with van der Waals surface area (Å²) in [4.78, 5) is 24.4. The first-order valence-electron chi connectivity index (χ1n) is 17.3. The Kier molecular flexibility index (Phi) is 10.2. The number of nitrogens with two attached hydrogens (primary N) is 1. The molecule has 13 nitrogen and oxygen atoms in total. The van der Waals surface area contributed by atoms with E-state index >= 15 is 0 Å². The van der Waals surface area contributed by atoms with Gasteiger partial charge < -0.3 is 25.2 Å². The van der Waals surface area contributed by atoms with E-state index in [1.54, 1.807) is 13.5 Å². The van der Waals surface area contributed by atoms with E-state index in [0.29, 0.717) is 37.9 Å². The van der Waals surface area contributed by atoms with Gasteiger partial charge in [-0.15, -0.1) is 10.2 Å². The van der Waals surface area contributed by atoms with Crippen molar-refractivity contribution in [1.29, 1.82) is 0 Å². The maximum atomic E-state index is 14.4. The fraction of sp³-hybridized carbons (Fsp3) is 0.697. The molecule has 0 saturated carbocycles. The van der Waals surface area contributed by atoms with Crippen molar-refractivity contribution in [3.8, 4) is 11.6 Å². The van der Waals surface area contributed by atoms with E-state index in [2.05, 4.69) is 25.0 Å². The highest BCUT2D eigenvalue weighted by atomic mass is 32.2. The Balaban J connectivity index is 1.04. The number of carbonyl (C=O) groups excluding carboxylic acids is 1. The minimum atomic E-state index is -3.42. The van der Waals surface area contributed by atoms with Gasteiger partial charge in [-0.05, 0) is 89.3 Å². The maximum absolute atomic E-state index is 14.4. The molecule has 4 saturated heterocycles. The monoisotopic (exact) mass is 687 g/mol. The fourth-order valence-corrected chi connectivity index (χ4v) is 9.60. The van der Waals surface area contributed by atoms with Gasteiger partial charge in [-0.2, -0.15) is 17.0 Å². The quantitative estimate of drug-likeness (QED) is 0.397. The second-order valence-corrected chi connectivity index (χ2v) is 16.6. The summed E-state index contributed by atoms with van der Waals surface area (Å²) in [7, 11) is -3.42. The predicted molar refractivity (Wildman–Crippen MR) is 180 cm³/mol. The zero-order valence-electron chi connectivity index (χ0n) is 28.6. The molecule has 1 atom stereocenters. The number of hydrogen-bond donors (Lipinski definition) is 1. The van der Waals surface area contributed by atoms with Gasteiger partial charge in [0, 0.05) is 77.0 Å². The van der Waals surface area contributed by atoms with Crippen molar-refractivity contribution in [3.05, 3.63) is 35.9 Å².